The summed E-state index contributed by atoms with van der Waals surface area (Å²) in [4.78, 5) is 23.2. The van der Waals surface area contributed by atoms with Crippen LogP contribution in [0.4, 0.5) is 11.4 Å². The number of carbonyl (C=O) groups excluding carboxylic acids is 2. The van der Waals surface area contributed by atoms with Crippen molar-refractivity contribution in [3.8, 4) is 5.75 Å². The smallest absolute Gasteiger partial charge is 0.239 e. The van der Waals surface area contributed by atoms with Gasteiger partial charge in [0.2, 0.25) is 11.8 Å². The zero-order valence-electron chi connectivity index (χ0n) is 14.7. The molecule has 0 aliphatic carbocycles. The van der Waals surface area contributed by atoms with E-state index in [0.717, 1.165) is 28.3 Å². The molecule has 132 valence electrons. The minimum Gasteiger partial charge on any atom is -0.497 e. The standard InChI is InChI=1S/C19H23N3O3/c1-13-17(5-4-6-18(13)22-14(2)23)20-12-19(24)21-11-15-7-9-16(25-3)10-8-15/h4-10,20H,11-12H2,1-3H3,(H,21,24)(H,22,23). The molecule has 0 aliphatic heterocycles. The van der Waals surface area contributed by atoms with Crippen molar-refractivity contribution in [1.29, 1.82) is 0 Å². The van der Waals surface area contributed by atoms with Gasteiger partial charge in [0.05, 0.1) is 13.7 Å². The lowest BCUT2D eigenvalue weighted by Crippen LogP contribution is -2.29. The molecule has 3 N–H and O–H groups in total. The summed E-state index contributed by atoms with van der Waals surface area (Å²) in [6, 6.07) is 13.1. The molecular formula is C19H23N3O3. The zero-order chi connectivity index (χ0) is 18.2. The van der Waals surface area contributed by atoms with Crippen LogP contribution in [0.25, 0.3) is 0 Å². The number of amides is 2. The SMILES string of the molecule is COc1ccc(CNC(=O)CNc2cccc(NC(C)=O)c2C)cc1. The summed E-state index contributed by atoms with van der Waals surface area (Å²) in [6.07, 6.45) is 0. The van der Waals surface area contributed by atoms with E-state index in [1.54, 1.807) is 7.11 Å². The van der Waals surface area contributed by atoms with Crippen LogP contribution in [0.2, 0.25) is 0 Å². The number of hydrogen-bond acceptors (Lipinski definition) is 4. The molecule has 0 saturated carbocycles. The minimum atomic E-state index is -0.127. The van der Waals surface area contributed by atoms with E-state index in [9.17, 15) is 9.59 Å². The Morgan fingerprint density at radius 3 is 2.36 bits per heavy atom. The number of ether oxygens (including phenoxy) is 1. The molecule has 0 unspecified atom stereocenters. The second-order valence-corrected chi connectivity index (χ2v) is 5.64. The van der Waals surface area contributed by atoms with Crippen LogP contribution in [-0.2, 0) is 16.1 Å². The quantitative estimate of drug-likeness (QED) is 0.723. The Labute approximate surface area is 147 Å². The first-order valence-corrected chi connectivity index (χ1v) is 8.00. The number of anilines is 2. The van der Waals surface area contributed by atoms with E-state index in [1.807, 2.05) is 49.4 Å². The summed E-state index contributed by atoms with van der Waals surface area (Å²) in [7, 11) is 1.62. The fourth-order valence-corrected chi connectivity index (χ4v) is 2.33. The van der Waals surface area contributed by atoms with E-state index >= 15 is 0 Å². The Morgan fingerprint density at radius 2 is 1.72 bits per heavy atom. The number of benzene rings is 2. The number of nitrogens with one attached hydrogen (secondary N) is 3. The van der Waals surface area contributed by atoms with Crippen LogP contribution in [0.5, 0.6) is 5.75 Å². The largest absolute Gasteiger partial charge is 0.497 e. The lowest BCUT2D eigenvalue weighted by atomic mass is 10.1. The van der Waals surface area contributed by atoms with Crippen LogP contribution in [0, 0.1) is 6.92 Å². The van der Waals surface area contributed by atoms with Gasteiger partial charge in [0.25, 0.3) is 0 Å². The summed E-state index contributed by atoms with van der Waals surface area (Å²) in [5, 5.41) is 8.73. The fraction of sp³-hybridized carbons (Fsp3) is 0.263. The highest BCUT2D eigenvalue weighted by molar-refractivity contribution is 5.91. The Morgan fingerprint density at radius 1 is 1.04 bits per heavy atom. The summed E-state index contributed by atoms with van der Waals surface area (Å²) in [6.45, 7) is 3.96. The highest BCUT2D eigenvalue weighted by Crippen LogP contribution is 2.23. The van der Waals surface area contributed by atoms with Crippen molar-refractivity contribution in [3.63, 3.8) is 0 Å². The highest BCUT2D eigenvalue weighted by atomic mass is 16.5. The molecule has 2 aromatic carbocycles. The molecule has 0 aromatic heterocycles. The molecule has 6 nitrogen and oxygen atoms in total. The average molecular weight is 341 g/mol. The first kappa shape index (κ1) is 18.3. The van der Waals surface area contributed by atoms with Crippen molar-refractivity contribution in [1.82, 2.24) is 5.32 Å². The molecule has 0 bridgehead atoms. The van der Waals surface area contributed by atoms with E-state index < -0.39 is 0 Å². The molecule has 0 spiro atoms. The van der Waals surface area contributed by atoms with Gasteiger partial charge in [-0.15, -0.1) is 0 Å². The third kappa shape index (κ3) is 5.53. The monoisotopic (exact) mass is 341 g/mol. The Bertz CT molecular complexity index is 742. The van der Waals surface area contributed by atoms with Crippen LogP contribution < -0.4 is 20.7 Å². The average Bonchev–Trinajstić information content (AvgIpc) is 2.60. The van der Waals surface area contributed by atoms with E-state index in [0.29, 0.717) is 6.54 Å². The fourth-order valence-electron chi connectivity index (χ4n) is 2.33. The maximum atomic E-state index is 12.0. The van der Waals surface area contributed by atoms with Gasteiger partial charge in [0.1, 0.15) is 5.75 Å². The van der Waals surface area contributed by atoms with Gasteiger partial charge in [-0.3, -0.25) is 9.59 Å². The maximum Gasteiger partial charge on any atom is 0.239 e. The van der Waals surface area contributed by atoms with Gasteiger partial charge in [-0.2, -0.15) is 0 Å². The molecule has 2 aromatic rings. The van der Waals surface area contributed by atoms with E-state index in [1.165, 1.54) is 6.92 Å². The third-order valence-corrected chi connectivity index (χ3v) is 3.73. The molecule has 0 aliphatic rings. The van der Waals surface area contributed by atoms with Crippen LogP contribution in [-0.4, -0.2) is 25.5 Å². The molecular weight excluding hydrogens is 318 g/mol. The molecule has 2 amide bonds. The molecule has 0 radical (unpaired) electrons. The summed E-state index contributed by atoms with van der Waals surface area (Å²) in [5.41, 5.74) is 3.43. The zero-order valence-corrected chi connectivity index (χ0v) is 14.7. The maximum absolute atomic E-state index is 12.0. The lowest BCUT2D eigenvalue weighted by molar-refractivity contribution is -0.119. The Balaban J connectivity index is 1.86. The number of hydrogen-bond donors (Lipinski definition) is 3. The molecule has 0 fully saturated rings. The molecule has 0 saturated heterocycles. The van der Waals surface area contributed by atoms with Crippen molar-refractivity contribution < 1.29 is 14.3 Å². The second-order valence-electron chi connectivity index (χ2n) is 5.64. The molecule has 6 heteroatoms. The second kappa shape index (κ2) is 8.73. The van der Waals surface area contributed by atoms with Crippen molar-refractivity contribution in [2.45, 2.75) is 20.4 Å². The summed E-state index contributed by atoms with van der Waals surface area (Å²) >= 11 is 0. The Kier molecular flexibility index (Phi) is 6.39. The van der Waals surface area contributed by atoms with Gasteiger partial charge in [0, 0.05) is 24.8 Å². The van der Waals surface area contributed by atoms with Gasteiger partial charge in [0.15, 0.2) is 0 Å². The lowest BCUT2D eigenvalue weighted by Gasteiger charge is -2.13. The van der Waals surface area contributed by atoms with Crippen LogP contribution in [0.3, 0.4) is 0 Å². The van der Waals surface area contributed by atoms with Crippen LogP contribution in [0.1, 0.15) is 18.1 Å². The third-order valence-electron chi connectivity index (χ3n) is 3.73. The minimum absolute atomic E-state index is 0.111. The Hall–Kier alpha value is -3.02. The van der Waals surface area contributed by atoms with E-state index in [4.69, 9.17) is 4.74 Å². The first-order chi connectivity index (χ1) is 12.0. The normalized spacial score (nSPS) is 10.0. The van der Waals surface area contributed by atoms with Gasteiger partial charge < -0.3 is 20.7 Å². The number of carbonyl (C=O) groups is 2. The number of methoxy groups -OCH3 is 1. The van der Waals surface area contributed by atoms with Crippen molar-refractivity contribution >= 4 is 23.2 Å². The first-order valence-electron chi connectivity index (χ1n) is 8.00. The molecule has 0 heterocycles. The van der Waals surface area contributed by atoms with Crippen molar-refractivity contribution in [2.24, 2.45) is 0 Å². The summed E-state index contributed by atoms with van der Waals surface area (Å²) in [5.74, 6) is 0.545. The van der Waals surface area contributed by atoms with Crippen molar-refractivity contribution in [2.75, 3.05) is 24.3 Å². The van der Waals surface area contributed by atoms with Gasteiger partial charge in [-0.1, -0.05) is 18.2 Å². The van der Waals surface area contributed by atoms with Crippen LogP contribution in [0.15, 0.2) is 42.5 Å². The number of rotatable bonds is 7. The predicted octanol–water partition coefficient (Wildman–Crippen LogP) is 2.69. The predicted molar refractivity (Wildman–Crippen MR) is 98.8 cm³/mol. The van der Waals surface area contributed by atoms with E-state index in [2.05, 4.69) is 16.0 Å². The topological polar surface area (TPSA) is 79.5 Å². The molecule has 25 heavy (non-hydrogen) atoms. The van der Waals surface area contributed by atoms with Gasteiger partial charge in [-0.25, -0.2) is 0 Å². The van der Waals surface area contributed by atoms with Crippen molar-refractivity contribution in [3.05, 3.63) is 53.6 Å². The van der Waals surface area contributed by atoms with E-state index in [-0.39, 0.29) is 18.4 Å². The van der Waals surface area contributed by atoms with Gasteiger partial charge in [-0.05, 0) is 42.3 Å². The highest BCUT2D eigenvalue weighted by Gasteiger charge is 2.07. The molecule has 0 atom stereocenters. The van der Waals surface area contributed by atoms with Crippen LogP contribution >= 0.6 is 0 Å². The van der Waals surface area contributed by atoms with Gasteiger partial charge >= 0.3 is 0 Å². The summed E-state index contributed by atoms with van der Waals surface area (Å²) < 4.78 is 5.10. The molecule has 2 rings (SSSR count).